The largest absolute Gasteiger partial charge is 0.492 e. The van der Waals surface area contributed by atoms with Crippen LogP contribution in [0.15, 0.2) is 30.5 Å². The van der Waals surface area contributed by atoms with Gasteiger partial charge in [-0.3, -0.25) is 9.48 Å². The van der Waals surface area contributed by atoms with Crippen molar-refractivity contribution in [2.75, 3.05) is 18.5 Å². The molecular formula is C16H24ClN5O2. The summed E-state index contributed by atoms with van der Waals surface area (Å²) in [4.78, 5) is 12.1. The molecule has 0 aliphatic carbocycles. The van der Waals surface area contributed by atoms with E-state index in [1.165, 1.54) is 0 Å². The molecule has 1 amide bonds. The molecule has 0 bridgehead atoms. The van der Waals surface area contributed by atoms with E-state index in [-0.39, 0.29) is 18.3 Å². The second-order valence-electron chi connectivity index (χ2n) is 5.67. The van der Waals surface area contributed by atoms with Gasteiger partial charge < -0.3 is 15.8 Å². The average molecular weight is 354 g/mol. The molecule has 2 aromatic rings. The number of ether oxygens (including phenoxy) is 1. The van der Waals surface area contributed by atoms with Crippen LogP contribution in [0, 0.1) is 5.92 Å². The summed E-state index contributed by atoms with van der Waals surface area (Å²) >= 11 is 0. The lowest BCUT2D eigenvalue weighted by Gasteiger charge is -2.06. The van der Waals surface area contributed by atoms with Gasteiger partial charge in [0.1, 0.15) is 12.4 Å². The highest BCUT2D eigenvalue weighted by molar-refractivity contribution is 6.02. The molecule has 24 heavy (non-hydrogen) atoms. The highest BCUT2D eigenvalue weighted by Gasteiger charge is 2.11. The number of aryl methyl sites for hydroxylation is 1. The maximum Gasteiger partial charge on any atom is 0.277 e. The Hall–Kier alpha value is -2.12. The fourth-order valence-electron chi connectivity index (χ4n) is 1.91. The maximum absolute atomic E-state index is 12.1. The third-order valence-electron chi connectivity index (χ3n) is 3.21. The molecule has 0 saturated carbocycles. The van der Waals surface area contributed by atoms with Crippen LogP contribution in [-0.2, 0) is 6.54 Å². The minimum Gasteiger partial charge on any atom is -0.492 e. The van der Waals surface area contributed by atoms with Gasteiger partial charge in [-0.15, -0.1) is 17.5 Å². The molecule has 0 unspecified atom stereocenters. The van der Waals surface area contributed by atoms with Crippen molar-refractivity contribution in [2.45, 2.75) is 26.8 Å². The Kier molecular flexibility index (Phi) is 8.21. The second kappa shape index (κ2) is 9.89. The third-order valence-corrected chi connectivity index (χ3v) is 3.21. The molecule has 1 aromatic carbocycles. The van der Waals surface area contributed by atoms with Gasteiger partial charge in [0.05, 0.1) is 6.20 Å². The highest BCUT2D eigenvalue weighted by Crippen LogP contribution is 2.16. The summed E-state index contributed by atoms with van der Waals surface area (Å²) in [6.07, 6.45) is 2.66. The third kappa shape index (κ3) is 6.17. The second-order valence-corrected chi connectivity index (χ2v) is 5.67. The summed E-state index contributed by atoms with van der Waals surface area (Å²) in [5.74, 6) is 1.01. The summed E-state index contributed by atoms with van der Waals surface area (Å²) in [5, 5.41) is 10.7. The van der Waals surface area contributed by atoms with Gasteiger partial charge >= 0.3 is 0 Å². The van der Waals surface area contributed by atoms with E-state index in [1.807, 2.05) is 0 Å². The minimum absolute atomic E-state index is 0. The lowest BCUT2D eigenvalue weighted by Crippen LogP contribution is -2.13. The zero-order valence-electron chi connectivity index (χ0n) is 13.9. The van der Waals surface area contributed by atoms with E-state index in [2.05, 4.69) is 29.5 Å². The molecule has 7 nitrogen and oxygen atoms in total. The number of nitrogens with zero attached hydrogens (tertiary/aromatic N) is 3. The molecule has 0 fully saturated rings. The number of hydrogen-bond donors (Lipinski definition) is 2. The monoisotopic (exact) mass is 353 g/mol. The molecule has 0 aliphatic rings. The average Bonchev–Trinajstić information content (AvgIpc) is 3.01. The van der Waals surface area contributed by atoms with Crippen LogP contribution in [-0.4, -0.2) is 34.1 Å². The Labute approximate surface area is 148 Å². The fraction of sp³-hybridized carbons (Fsp3) is 0.438. The first kappa shape index (κ1) is 19.9. The number of carbonyl (C=O) groups is 1. The Morgan fingerprint density at radius 1 is 1.33 bits per heavy atom. The number of rotatable bonds is 8. The number of amides is 1. The zero-order valence-corrected chi connectivity index (χ0v) is 14.8. The van der Waals surface area contributed by atoms with Crippen LogP contribution >= 0.6 is 12.4 Å². The SMILES string of the molecule is CC(C)CCn1cc(C(=O)Nc2ccc(OCCN)cc2)nn1.Cl. The zero-order chi connectivity index (χ0) is 16.7. The number of aromatic nitrogens is 3. The number of carbonyl (C=O) groups excluding carboxylic acids is 1. The number of benzene rings is 1. The van der Waals surface area contributed by atoms with Crippen LogP contribution in [0.25, 0.3) is 0 Å². The molecule has 0 atom stereocenters. The summed E-state index contributed by atoms with van der Waals surface area (Å²) < 4.78 is 7.08. The molecule has 0 saturated heterocycles. The molecule has 0 radical (unpaired) electrons. The topological polar surface area (TPSA) is 95.1 Å². The molecule has 3 N–H and O–H groups in total. The van der Waals surface area contributed by atoms with E-state index in [9.17, 15) is 4.79 Å². The van der Waals surface area contributed by atoms with Crippen LogP contribution in [0.4, 0.5) is 5.69 Å². The first-order valence-electron chi connectivity index (χ1n) is 7.73. The number of halogens is 1. The fourth-order valence-corrected chi connectivity index (χ4v) is 1.91. The number of nitrogens with one attached hydrogen (secondary N) is 1. The van der Waals surface area contributed by atoms with Gasteiger partial charge in [0, 0.05) is 18.8 Å². The first-order valence-corrected chi connectivity index (χ1v) is 7.73. The van der Waals surface area contributed by atoms with E-state index < -0.39 is 0 Å². The summed E-state index contributed by atoms with van der Waals surface area (Å²) in [5.41, 5.74) is 6.36. The molecule has 132 valence electrons. The smallest absolute Gasteiger partial charge is 0.277 e. The van der Waals surface area contributed by atoms with Gasteiger partial charge in [0.25, 0.3) is 5.91 Å². The molecule has 1 heterocycles. The number of nitrogens with two attached hydrogens (primary N) is 1. The van der Waals surface area contributed by atoms with Crippen LogP contribution in [0.2, 0.25) is 0 Å². The Morgan fingerprint density at radius 2 is 2.04 bits per heavy atom. The van der Waals surface area contributed by atoms with E-state index in [0.29, 0.717) is 36.2 Å². The quantitative estimate of drug-likeness (QED) is 0.759. The van der Waals surface area contributed by atoms with Crippen molar-refractivity contribution < 1.29 is 9.53 Å². The predicted octanol–water partition coefficient (Wildman–Crippen LogP) is 2.34. The van der Waals surface area contributed by atoms with E-state index in [4.69, 9.17) is 10.5 Å². The molecule has 2 rings (SSSR count). The minimum atomic E-state index is -0.281. The molecule has 0 spiro atoms. The van der Waals surface area contributed by atoms with Gasteiger partial charge in [-0.2, -0.15) is 0 Å². The summed E-state index contributed by atoms with van der Waals surface area (Å²) in [6, 6.07) is 7.11. The maximum atomic E-state index is 12.1. The van der Waals surface area contributed by atoms with Crippen molar-refractivity contribution >= 4 is 24.0 Å². The number of hydrogen-bond acceptors (Lipinski definition) is 5. The number of anilines is 1. The standard InChI is InChI=1S/C16H23N5O2.ClH/c1-12(2)7-9-21-11-15(19-20-21)16(22)18-13-3-5-14(6-4-13)23-10-8-17;/h3-6,11-12H,7-10,17H2,1-2H3,(H,18,22);1H. The Bertz CT molecular complexity index is 628. The van der Waals surface area contributed by atoms with Gasteiger partial charge in [-0.25, -0.2) is 0 Å². The van der Waals surface area contributed by atoms with Crippen LogP contribution < -0.4 is 15.8 Å². The molecule has 1 aromatic heterocycles. The Morgan fingerprint density at radius 3 is 2.67 bits per heavy atom. The van der Waals surface area contributed by atoms with Gasteiger partial charge in [0.15, 0.2) is 5.69 Å². The van der Waals surface area contributed by atoms with Gasteiger partial charge in [0.2, 0.25) is 0 Å². The van der Waals surface area contributed by atoms with Crippen molar-refractivity contribution in [1.29, 1.82) is 0 Å². The van der Waals surface area contributed by atoms with Crippen molar-refractivity contribution in [3.63, 3.8) is 0 Å². The van der Waals surface area contributed by atoms with Crippen LogP contribution in [0.1, 0.15) is 30.8 Å². The van der Waals surface area contributed by atoms with Crippen molar-refractivity contribution in [3.05, 3.63) is 36.2 Å². The lowest BCUT2D eigenvalue weighted by atomic mass is 10.1. The normalized spacial score (nSPS) is 10.3. The van der Waals surface area contributed by atoms with Crippen molar-refractivity contribution in [1.82, 2.24) is 15.0 Å². The van der Waals surface area contributed by atoms with Gasteiger partial charge in [-0.1, -0.05) is 19.1 Å². The molecule has 0 aliphatic heterocycles. The highest BCUT2D eigenvalue weighted by atomic mass is 35.5. The predicted molar refractivity (Wildman–Crippen MR) is 95.7 cm³/mol. The first-order chi connectivity index (χ1) is 11.1. The van der Waals surface area contributed by atoms with E-state index >= 15 is 0 Å². The molecular weight excluding hydrogens is 330 g/mol. The van der Waals surface area contributed by atoms with Gasteiger partial charge in [-0.05, 0) is 36.6 Å². The van der Waals surface area contributed by atoms with Crippen LogP contribution in [0.5, 0.6) is 5.75 Å². The molecule has 8 heteroatoms. The summed E-state index contributed by atoms with van der Waals surface area (Å²) in [7, 11) is 0. The summed E-state index contributed by atoms with van der Waals surface area (Å²) in [6.45, 7) is 5.97. The van der Waals surface area contributed by atoms with E-state index in [1.54, 1.807) is 35.1 Å². The van der Waals surface area contributed by atoms with Crippen LogP contribution in [0.3, 0.4) is 0 Å². The lowest BCUT2D eigenvalue weighted by molar-refractivity contribution is 0.102. The van der Waals surface area contributed by atoms with Crippen molar-refractivity contribution in [2.24, 2.45) is 11.7 Å². The van der Waals surface area contributed by atoms with Crippen molar-refractivity contribution in [3.8, 4) is 5.75 Å². The Balaban J connectivity index is 0.00000288. The van der Waals surface area contributed by atoms with E-state index in [0.717, 1.165) is 13.0 Å².